The lowest BCUT2D eigenvalue weighted by Crippen LogP contribution is -2.34. The zero-order valence-corrected chi connectivity index (χ0v) is 10.7. The van der Waals surface area contributed by atoms with Crippen molar-refractivity contribution in [3.8, 4) is 0 Å². The van der Waals surface area contributed by atoms with Gasteiger partial charge in [-0.2, -0.15) is 0 Å². The molecular formula is C13H20O4. The van der Waals surface area contributed by atoms with E-state index in [1.54, 1.807) is 13.8 Å². The molecule has 0 radical (unpaired) electrons. The standard InChI is InChI=1S/C13H20O4/c1-4-5-10(6-7-14)8-11-9-12(15)17-13(2,3)16-11/h7,9-10H,4-6,8H2,1-3H3. The molecule has 0 amide bonds. The highest BCUT2D eigenvalue weighted by molar-refractivity contribution is 5.83. The van der Waals surface area contributed by atoms with Crippen LogP contribution in [0.15, 0.2) is 11.8 Å². The van der Waals surface area contributed by atoms with Crippen LogP contribution in [0, 0.1) is 5.92 Å². The first kappa shape index (κ1) is 13.7. The van der Waals surface area contributed by atoms with Crippen molar-refractivity contribution in [2.24, 2.45) is 5.92 Å². The summed E-state index contributed by atoms with van der Waals surface area (Å²) in [6, 6.07) is 0. The lowest BCUT2D eigenvalue weighted by atomic mass is 9.95. The fourth-order valence-corrected chi connectivity index (χ4v) is 2.00. The van der Waals surface area contributed by atoms with E-state index in [4.69, 9.17) is 9.47 Å². The fraction of sp³-hybridized carbons (Fsp3) is 0.692. The van der Waals surface area contributed by atoms with Crippen molar-refractivity contribution >= 4 is 12.3 Å². The molecule has 0 saturated heterocycles. The van der Waals surface area contributed by atoms with Crippen LogP contribution < -0.4 is 0 Å². The second-order valence-electron chi connectivity index (χ2n) is 4.79. The third-order valence-corrected chi connectivity index (χ3v) is 2.62. The van der Waals surface area contributed by atoms with Gasteiger partial charge in [0, 0.05) is 26.7 Å². The van der Waals surface area contributed by atoms with Gasteiger partial charge in [-0.15, -0.1) is 0 Å². The summed E-state index contributed by atoms with van der Waals surface area (Å²) >= 11 is 0. The van der Waals surface area contributed by atoms with Crippen molar-refractivity contribution < 1.29 is 19.1 Å². The number of hydrogen-bond donors (Lipinski definition) is 0. The number of esters is 1. The van der Waals surface area contributed by atoms with Gasteiger partial charge in [-0.05, 0) is 12.3 Å². The number of rotatable bonds is 6. The highest BCUT2D eigenvalue weighted by Crippen LogP contribution is 2.28. The van der Waals surface area contributed by atoms with Gasteiger partial charge in [0.25, 0.3) is 0 Å². The Hall–Kier alpha value is -1.32. The van der Waals surface area contributed by atoms with Crippen LogP contribution >= 0.6 is 0 Å². The van der Waals surface area contributed by atoms with Gasteiger partial charge in [0.1, 0.15) is 12.0 Å². The molecule has 1 atom stereocenters. The van der Waals surface area contributed by atoms with Crippen LogP contribution in [0.4, 0.5) is 0 Å². The Balaban J connectivity index is 2.65. The third-order valence-electron chi connectivity index (χ3n) is 2.62. The summed E-state index contributed by atoms with van der Waals surface area (Å²) < 4.78 is 10.6. The maximum atomic E-state index is 11.3. The smallest absolute Gasteiger partial charge is 0.337 e. The van der Waals surface area contributed by atoms with Crippen LogP contribution in [-0.4, -0.2) is 18.0 Å². The topological polar surface area (TPSA) is 52.6 Å². The van der Waals surface area contributed by atoms with Gasteiger partial charge in [0.2, 0.25) is 5.79 Å². The summed E-state index contributed by atoms with van der Waals surface area (Å²) in [5, 5.41) is 0. The number of aldehydes is 1. The first-order chi connectivity index (χ1) is 7.96. The van der Waals surface area contributed by atoms with Gasteiger partial charge < -0.3 is 14.3 Å². The van der Waals surface area contributed by atoms with Crippen molar-refractivity contribution in [3.63, 3.8) is 0 Å². The molecule has 0 aromatic carbocycles. The van der Waals surface area contributed by atoms with E-state index in [9.17, 15) is 9.59 Å². The molecule has 17 heavy (non-hydrogen) atoms. The molecule has 0 saturated carbocycles. The van der Waals surface area contributed by atoms with Gasteiger partial charge in [0.15, 0.2) is 0 Å². The van der Waals surface area contributed by atoms with Gasteiger partial charge in [-0.1, -0.05) is 13.3 Å². The van der Waals surface area contributed by atoms with Gasteiger partial charge in [0.05, 0.1) is 6.08 Å². The predicted molar refractivity (Wildman–Crippen MR) is 63.0 cm³/mol. The normalized spacial score (nSPS) is 19.9. The molecule has 1 heterocycles. The Morgan fingerprint density at radius 1 is 1.41 bits per heavy atom. The van der Waals surface area contributed by atoms with Crippen molar-refractivity contribution in [1.29, 1.82) is 0 Å². The molecule has 0 aromatic heterocycles. The second kappa shape index (κ2) is 5.84. The molecule has 1 rings (SSSR count). The maximum Gasteiger partial charge on any atom is 0.337 e. The molecule has 0 N–H and O–H groups in total. The highest BCUT2D eigenvalue weighted by Gasteiger charge is 2.30. The molecule has 1 aliphatic heterocycles. The number of carbonyl (C=O) groups is 2. The van der Waals surface area contributed by atoms with E-state index in [1.165, 1.54) is 6.08 Å². The molecule has 4 nitrogen and oxygen atoms in total. The third kappa shape index (κ3) is 4.59. The lowest BCUT2D eigenvalue weighted by Gasteiger charge is -2.31. The minimum Gasteiger partial charge on any atom is -0.457 e. The Morgan fingerprint density at radius 3 is 2.65 bits per heavy atom. The first-order valence-corrected chi connectivity index (χ1v) is 6.03. The van der Waals surface area contributed by atoms with Crippen molar-refractivity contribution in [1.82, 2.24) is 0 Å². The number of cyclic esters (lactones) is 1. The fourth-order valence-electron chi connectivity index (χ4n) is 2.00. The van der Waals surface area contributed by atoms with Crippen LogP contribution in [0.2, 0.25) is 0 Å². The summed E-state index contributed by atoms with van der Waals surface area (Å²) in [6.07, 6.45) is 5.38. The molecule has 96 valence electrons. The number of carbonyl (C=O) groups excluding carboxylic acids is 2. The second-order valence-corrected chi connectivity index (χ2v) is 4.79. The predicted octanol–water partition coefficient (Wildman–Crippen LogP) is 2.58. The molecule has 0 aliphatic carbocycles. The van der Waals surface area contributed by atoms with Crippen LogP contribution in [0.25, 0.3) is 0 Å². The summed E-state index contributed by atoms with van der Waals surface area (Å²) in [5.41, 5.74) is 0. The van der Waals surface area contributed by atoms with E-state index < -0.39 is 5.79 Å². The van der Waals surface area contributed by atoms with E-state index >= 15 is 0 Å². The number of hydrogen-bond acceptors (Lipinski definition) is 4. The monoisotopic (exact) mass is 240 g/mol. The summed E-state index contributed by atoms with van der Waals surface area (Å²) in [5.74, 6) is -0.423. The molecule has 0 aromatic rings. The Bertz CT molecular complexity index is 317. The average Bonchev–Trinajstić information content (AvgIpc) is 2.14. The lowest BCUT2D eigenvalue weighted by molar-refractivity contribution is -0.206. The minimum atomic E-state index is -0.904. The zero-order valence-electron chi connectivity index (χ0n) is 10.7. The highest BCUT2D eigenvalue weighted by atomic mass is 16.7. The summed E-state index contributed by atoms with van der Waals surface area (Å²) in [4.78, 5) is 21.9. The maximum absolute atomic E-state index is 11.3. The zero-order chi connectivity index (χ0) is 12.9. The largest absolute Gasteiger partial charge is 0.457 e. The Morgan fingerprint density at radius 2 is 2.12 bits per heavy atom. The summed E-state index contributed by atoms with van der Waals surface area (Å²) in [6.45, 7) is 5.48. The van der Waals surface area contributed by atoms with Gasteiger partial charge in [-0.25, -0.2) is 4.79 Å². The van der Waals surface area contributed by atoms with Crippen molar-refractivity contribution in [2.75, 3.05) is 0 Å². The van der Waals surface area contributed by atoms with E-state index in [1.807, 2.05) is 0 Å². The number of ether oxygens (including phenoxy) is 2. The molecule has 1 aliphatic rings. The van der Waals surface area contributed by atoms with Crippen LogP contribution in [-0.2, 0) is 19.1 Å². The Labute approximate surface area is 102 Å². The molecular weight excluding hydrogens is 220 g/mol. The quantitative estimate of drug-likeness (QED) is 0.529. The van der Waals surface area contributed by atoms with Gasteiger partial charge >= 0.3 is 5.97 Å². The Kier molecular flexibility index (Phi) is 4.73. The number of allylic oxidation sites excluding steroid dienone is 1. The first-order valence-electron chi connectivity index (χ1n) is 6.03. The van der Waals surface area contributed by atoms with Crippen molar-refractivity contribution in [2.45, 2.75) is 52.2 Å². The molecule has 4 heteroatoms. The van der Waals surface area contributed by atoms with E-state index in [-0.39, 0.29) is 11.9 Å². The van der Waals surface area contributed by atoms with Crippen LogP contribution in [0.5, 0.6) is 0 Å². The average molecular weight is 240 g/mol. The van der Waals surface area contributed by atoms with E-state index in [2.05, 4.69) is 6.92 Å². The van der Waals surface area contributed by atoms with E-state index in [0.717, 1.165) is 19.1 Å². The summed E-state index contributed by atoms with van der Waals surface area (Å²) in [7, 11) is 0. The van der Waals surface area contributed by atoms with Gasteiger partial charge in [-0.3, -0.25) is 0 Å². The van der Waals surface area contributed by atoms with Crippen LogP contribution in [0.1, 0.15) is 46.5 Å². The van der Waals surface area contributed by atoms with Crippen molar-refractivity contribution in [3.05, 3.63) is 11.8 Å². The van der Waals surface area contributed by atoms with E-state index in [0.29, 0.717) is 18.6 Å². The molecule has 0 bridgehead atoms. The van der Waals surface area contributed by atoms with Crippen LogP contribution in [0.3, 0.4) is 0 Å². The molecule has 0 fully saturated rings. The molecule has 0 spiro atoms. The minimum absolute atomic E-state index is 0.241. The SMILES string of the molecule is CCCC(CC=O)CC1=CC(=O)OC(C)(C)O1. The molecule has 1 unspecified atom stereocenters.